The number of carbonyl (C=O) groups excluding carboxylic acids is 1. The molecule has 0 aliphatic heterocycles. The average molecular weight is 278 g/mol. The number of rotatable bonds is 5. The molecule has 0 saturated heterocycles. The Morgan fingerprint density at radius 3 is 2.88 bits per heavy atom. The maximum atomic E-state index is 11.5. The third kappa shape index (κ3) is 4.49. The van der Waals surface area contributed by atoms with Crippen LogP contribution in [-0.4, -0.2) is 47.8 Å². The largest absolute Gasteiger partial charge is 0.395 e. The molecule has 7 heteroatoms. The van der Waals surface area contributed by atoms with E-state index in [1.807, 2.05) is 6.92 Å². The van der Waals surface area contributed by atoms with Gasteiger partial charge in [0, 0.05) is 26.6 Å². The van der Waals surface area contributed by atoms with Gasteiger partial charge in [0.25, 0.3) is 0 Å². The Labute approximate surface area is 109 Å². The molecule has 0 atom stereocenters. The van der Waals surface area contributed by atoms with Gasteiger partial charge in [0.05, 0.1) is 17.3 Å². The van der Waals surface area contributed by atoms with Gasteiger partial charge in [-0.25, -0.2) is 9.78 Å². The van der Waals surface area contributed by atoms with Gasteiger partial charge in [-0.15, -0.1) is 11.3 Å². The molecule has 2 amide bonds. The van der Waals surface area contributed by atoms with Crippen LogP contribution in [-0.2, 0) is 6.42 Å². The van der Waals surface area contributed by atoms with Crippen LogP contribution in [0.4, 0.5) is 4.79 Å². The zero-order chi connectivity index (χ0) is 12.8. The zero-order valence-electron chi connectivity index (χ0n) is 9.86. The highest BCUT2D eigenvalue weighted by Crippen LogP contribution is 2.23. The molecule has 0 spiro atoms. The summed E-state index contributed by atoms with van der Waals surface area (Å²) >= 11 is 7.33. The number of nitrogens with one attached hydrogen (secondary N) is 1. The predicted molar refractivity (Wildman–Crippen MR) is 68.7 cm³/mol. The summed E-state index contributed by atoms with van der Waals surface area (Å²) < 4.78 is 0.698. The molecule has 0 fully saturated rings. The highest BCUT2D eigenvalue weighted by atomic mass is 35.5. The van der Waals surface area contributed by atoms with E-state index in [2.05, 4.69) is 10.3 Å². The van der Waals surface area contributed by atoms with Gasteiger partial charge in [0.2, 0.25) is 0 Å². The third-order valence-corrected chi connectivity index (χ3v) is 3.69. The topological polar surface area (TPSA) is 65.5 Å². The van der Waals surface area contributed by atoms with Crippen LogP contribution >= 0.6 is 22.9 Å². The van der Waals surface area contributed by atoms with E-state index in [1.165, 1.54) is 16.2 Å². The minimum atomic E-state index is -0.196. The van der Waals surface area contributed by atoms with Crippen molar-refractivity contribution >= 4 is 29.0 Å². The molecule has 2 N–H and O–H groups in total. The van der Waals surface area contributed by atoms with Crippen LogP contribution in [0.15, 0.2) is 0 Å². The van der Waals surface area contributed by atoms with Crippen LogP contribution in [0.3, 0.4) is 0 Å². The molecule has 17 heavy (non-hydrogen) atoms. The lowest BCUT2D eigenvalue weighted by molar-refractivity contribution is 0.190. The minimum absolute atomic E-state index is 0.0365. The van der Waals surface area contributed by atoms with Gasteiger partial charge in [0.15, 0.2) is 0 Å². The Bertz CT molecular complexity index is 364. The SMILES string of the molecule is Cc1nc(CCNC(=O)N(C)CCO)sc1Cl. The van der Waals surface area contributed by atoms with Crippen LogP contribution < -0.4 is 5.32 Å². The standard InChI is InChI=1S/C10H16ClN3O2S/c1-7-9(11)17-8(13-7)3-4-12-10(16)14(2)5-6-15/h15H,3-6H2,1-2H3,(H,12,16). The van der Waals surface area contributed by atoms with Gasteiger partial charge in [-0.1, -0.05) is 11.6 Å². The number of aryl methyl sites for hydroxylation is 1. The van der Waals surface area contributed by atoms with Crippen molar-refractivity contribution < 1.29 is 9.90 Å². The zero-order valence-corrected chi connectivity index (χ0v) is 11.4. The average Bonchev–Trinajstić information content (AvgIpc) is 2.58. The fraction of sp³-hybridized carbons (Fsp3) is 0.600. The first-order chi connectivity index (χ1) is 8.04. The van der Waals surface area contributed by atoms with E-state index in [9.17, 15) is 4.79 Å². The van der Waals surface area contributed by atoms with E-state index in [1.54, 1.807) is 7.05 Å². The van der Waals surface area contributed by atoms with E-state index in [-0.39, 0.29) is 12.6 Å². The minimum Gasteiger partial charge on any atom is -0.395 e. The first-order valence-corrected chi connectivity index (χ1v) is 6.45. The number of carbonyl (C=O) groups is 1. The number of aromatic nitrogens is 1. The number of amides is 2. The smallest absolute Gasteiger partial charge is 0.317 e. The second-order valence-corrected chi connectivity index (χ2v) is 5.28. The quantitative estimate of drug-likeness (QED) is 0.852. The van der Waals surface area contributed by atoms with Crippen molar-refractivity contribution in [3.8, 4) is 0 Å². The summed E-state index contributed by atoms with van der Waals surface area (Å²) in [4.78, 5) is 17.2. The van der Waals surface area contributed by atoms with E-state index in [4.69, 9.17) is 16.7 Å². The first kappa shape index (κ1) is 14.2. The summed E-state index contributed by atoms with van der Waals surface area (Å²) in [5.41, 5.74) is 0.829. The molecular weight excluding hydrogens is 262 g/mol. The van der Waals surface area contributed by atoms with Gasteiger partial charge < -0.3 is 15.3 Å². The third-order valence-electron chi connectivity index (χ3n) is 2.18. The Hall–Kier alpha value is -0.850. The molecule has 5 nitrogen and oxygen atoms in total. The van der Waals surface area contributed by atoms with Crippen molar-refractivity contribution in [3.63, 3.8) is 0 Å². The van der Waals surface area contributed by atoms with E-state index in [0.717, 1.165) is 10.7 Å². The number of urea groups is 1. The first-order valence-electron chi connectivity index (χ1n) is 5.26. The lowest BCUT2D eigenvalue weighted by Crippen LogP contribution is -2.39. The highest BCUT2D eigenvalue weighted by molar-refractivity contribution is 7.16. The number of hydrogen-bond acceptors (Lipinski definition) is 4. The van der Waals surface area contributed by atoms with Crippen molar-refractivity contribution in [2.24, 2.45) is 0 Å². The highest BCUT2D eigenvalue weighted by Gasteiger charge is 2.08. The fourth-order valence-corrected chi connectivity index (χ4v) is 2.30. The molecule has 1 heterocycles. The van der Waals surface area contributed by atoms with Gasteiger partial charge in [0.1, 0.15) is 4.34 Å². The lowest BCUT2D eigenvalue weighted by Gasteiger charge is -2.16. The summed E-state index contributed by atoms with van der Waals surface area (Å²) in [5, 5.41) is 12.3. The number of halogens is 1. The fourth-order valence-electron chi connectivity index (χ4n) is 1.20. The van der Waals surface area contributed by atoms with E-state index < -0.39 is 0 Å². The molecule has 0 unspecified atom stereocenters. The van der Waals surface area contributed by atoms with Gasteiger partial charge in [-0.05, 0) is 6.92 Å². The second kappa shape index (κ2) is 6.78. The molecule has 1 aromatic heterocycles. The molecule has 0 aliphatic rings. The van der Waals surface area contributed by atoms with Crippen LogP contribution in [0.5, 0.6) is 0 Å². The Balaban J connectivity index is 2.30. The Morgan fingerprint density at radius 1 is 1.65 bits per heavy atom. The molecule has 0 radical (unpaired) electrons. The number of nitrogens with zero attached hydrogens (tertiary/aromatic N) is 2. The molecular formula is C10H16ClN3O2S. The van der Waals surface area contributed by atoms with Crippen molar-refractivity contribution in [3.05, 3.63) is 15.0 Å². The van der Waals surface area contributed by atoms with E-state index >= 15 is 0 Å². The molecule has 0 aliphatic carbocycles. The molecule has 0 bridgehead atoms. The van der Waals surface area contributed by atoms with Crippen LogP contribution in [0.25, 0.3) is 0 Å². The van der Waals surface area contributed by atoms with Gasteiger partial charge in [-0.3, -0.25) is 0 Å². The van der Waals surface area contributed by atoms with E-state index in [0.29, 0.717) is 23.8 Å². The van der Waals surface area contributed by atoms with Crippen molar-refractivity contribution in [2.45, 2.75) is 13.3 Å². The Kier molecular flexibility index (Phi) is 5.67. The maximum absolute atomic E-state index is 11.5. The molecule has 1 aromatic rings. The molecule has 96 valence electrons. The van der Waals surface area contributed by atoms with Crippen molar-refractivity contribution in [1.29, 1.82) is 0 Å². The van der Waals surface area contributed by atoms with Crippen LogP contribution in [0, 0.1) is 6.92 Å². The number of likely N-dealkylation sites (N-methyl/N-ethyl adjacent to an activating group) is 1. The maximum Gasteiger partial charge on any atom is 0.317 e. The van der Waals surface area contributed by atoms with Crippen molar-refractivity contribution in [2.75, 3.05) is 26.7 Å². The van der Waals surface area contributed by atoms with Gasteiger partial charge >= 0.3 is 6.03 Å². The van der Waals surface area contributed by atoms with Gasteiger partial charge in [-0.2, -0.15) is 0 Å². The summed E-state index contributed by atoms with van der Waals surface area (Å²) in [6, 6.07) is -0.196. The molecule has 0 aromatic carbocycles. The second-order valence-electron chi connectivity index (χ2n) is 3.59. The lowest BCUT2D eigenvalue weighted by atomic mass is 10.4. The summed E-state index contributed by atoms with van der Waals surface area (Å²) in [7, 11) is 1.63. The normalized spacial score (nSPS) is 10.4. The number of aliphatic hydroxyl groups excluding tert-OH is 1. The molecule has 0 saturated carbocycles. The Morgan fingerprint density at radius 2 is 2.35 bits per heavy atom. The monoisotopic (exact) mass is 277 g/mol. The predicted octanol–water partition coefficient (Wildman–Crippen LogP) is 1.28. The summed E-state index contributed by atoms with van der Waals surface area (Å²) in [5.74, 6) is 0. The number of hydrogen-bond donors (Lipinski definition) is 2. The summed E-state index contributed by atoms with van der Waals surface area (Å²) in [6.07, 6.45) is 0.664. The number of aliphatic hydroxyl groups is 1. The number of thiazole rings is 1. The van der Waals surface area contributed by atoms with Crippen molar-refractivity contribution in [1.82, 2.24) is 15.2 Å². The summed E-state index contributed by atoms with van der Waals surface area (Å²) in [6.45, 7) is 2.66. The molecule has 1 rings (SSSR count). The van der Waals surface area contributed by atoms with Crippen LogP contribution in [0.1, 0.15) is 10.7 Å². The van der Waals surface area contributed by atoms with Crippen LogP contribution in [0.2, 0.25) is 4.34 Å².